The van der Waals surface area contributed by atoms with E-state index >= 15 is 0 Å². The molecular weight excluding hydrogens is 309 g/mol. The summed E-state index contributed by atoms with van der Waals surface area (Å²) in [6.07, 6.45) is 0. The fourth-order valence-electron chi connectivity index (χ4n) is 1.88. The Morgan fingerprint density at radius 2 is 2.05 bits per heavy atom. The van der Waals surface area contributed by atoms with E-state index in [1.54, 1.807) is 6.07 Å². The van der Waals surface area contributed by atoms with Crippen LogP contribution in [-0.2, 0) is 11.3 Å². The summed E-state index contributed by atoms with van der Waals surface area (Å²) < 4.78 is 13.1. The molecule has 6 N–H and O–H groups in total. The van der Waals surface area contributed by atoms with E-state index < -0.39 is 17.8 Å². The van der Waals surface area contributed by atoms with Gasteiger partial charge in [-0.15, -0.1) is 0 Å². The smallest absolute Gasteiger partial charge is 0.245 e. The van der Waals surface area contributed by atoms with Gasteiger partial charge >= 0.3 is 0 Å². The Hall–Kier alpha value is -2.15. The molecule has 1 atom stereocenters. The molecule has 0 spiro atoms. The first-order chi connectivity index (χ1) is 10.4. The highest BCUT2D eigenvalue weighted by Crippen LogP contribution is 2.26. The van der Waals surface area contributed by atoms with Crippen molar-refractivity contribution in [2.24, 2.45) is 11.5 Å². The summed E-state index contributed by atoms with van der Waals surface area (Å²) in [6, 6.07) is 7.41. The number of phenols is 1. The van der Waals surface area contributed by atoms with Gasteiger partial charge in [0, 0.05) is 6.54 Å². The van der Waals surface area contributed by atoms with Crippen LogP contribution in [-0.4, -0.2) is 11.0 Å². The third-order valence-electron chi connectivity index (χ3n) is 3.14. The number of hydrogen-bond acceptors (Lipinski definition) is 4. The molecule has 0 heterocycles. The Morgan fingerprint density at radius 1 is 1.32 bits per heavy atom. The molecule has 0 aliphatic carbocycles. The van der Waals surface area contributed by atoms with Crippen LogP contribution in [0.2, 0.25) is 5.02 Å². The second kappa shape index (κ2) is 6.74. The number of phenolic OH excluding ortho intramolecular Hbond substituents is 1. The maximum atomic E-state index is 13.1. The van der Waals surface area contributed by atoms with Gasteiger partial charge in [0.1, 0.15) is 17.6 Å². The first-order valence-electron chi connectivity index (χ1n) is 6.45. The monoisotopic (exact) mass is 323 g/mol. The van der Waals surface area contributed by atoms with Gasteiger partial charge in [-0.25, -0.2) is 4.39 Å². The van der Waals surface area contributed by atoms with Crippen molar-refractivity contribution in [1.82, 2.24) is 0 Å². The Morgan fingerprint density at radius 3 is 2.64 bits per heavy atom. The summed E-state index contributed by atoms with van der Waals surface area (Å²) in [5.74, 6) is -1.26. The minimum Gasteiger partial charge on any atom is -0.506 e. The summed E-state index contributed by atoms with van der Waals surface area (Å²) in [6.45, 7) is 0.273. The van der Waals surface area contributed by atoms with Crippen molar-refractivity contribution < 1.29 is 14.3 Å². The minimum atomic E-state index is -1.05. The zero-order chi connectivity index (χ0) is 16.3. The van der Waals surface area contributed by atoms with E-state index in [9.17, 15) is 14.3 Å². The van der Waals surface area contributed by atoms with Gasteiger partial charge in [-0.2, -0.15) is 0 Å². The SMILES string of the molecule is NCc1ccc(NC(=O)C(N)c2ccc(F)c(Cl)c2)c(O)c1. The Balaban J connectivity index is 2.16. The molecule has 0 bridgehead atoms. The third-order valence-corrected chi connectivity index (χ3v) is 3.43. The fraction of sp³-hybridized carbons (Fsp3) is 0.133. The molecular formula is C15H15ClFN3O2. The quantitative estimate of drug-likeness (QED) is 0.648. The zero-order valence-electron chi connectivity index (χ0n) is 11.5. The summed E-state index contributed by atoms with van der Waals surface area (Å²) in [5.41, 5.74) is 12.6. The van der Waals surface area contributed by atoms with Crippen LogP contribution in [0.3, 0.4) is 0 Å². The van der Waals surface area contributed by atoms with Crippen LogP contribution in [0.25, 0.3) is 0 Å². The normalized spacial score (nSPS) is 12.0. The van der Waals surface area contributed by atoms with Crippen LogP contribution in [0.5, 0.6) is 5.75 Å². The molecule has 0 aliphatic heterocycles. The number of benzene rings is 2. The van der Waals surface area contributed by atoms with Gasteiger partial charge in [-0.3, -0.25) is 4.79 Å². The minimum absolute atomic E-state index is 0.111. The van der Waals surface area contributed by atoms with Crippen LogP contribution in [0.15, 0.2) is 36.4 Å². The molecule has 7 heteroatoms. The average molecular weight is 324 g/mol. The van der Waals surface area contributed by atoms with E-state index in [0.29, 0.717) is 5.56 Å². The first kappa shape index (κ1) is 16.2. The van der Waals surface area contributed by atoms with E-state index in [0.717, 1.165) is 11.6 Å². The van der Waals surface area contributed by atoms with Crippen molar-refractivity contribution in [2.75, 3.05) is 5.32 Å². The Labute approximate surface area is 131 Å². The fourth-order valence-corrected chi connectivity index (χ4v) is 2.07. The van der Waals surface area contributed by atoms with Crippen LogP contribution in [0.4, 0.5) is 10.1 Å². The van der Waals surface area contributed by atoms with Crippen LogP contribution >= 0.6 is 11.6 Å². The van der Waals surface area contributed by atoms with Crippen molar-refractivity contribution in [3.8, 4) is 5.75 Å². The molecule has 0 radical (unpaired) electrons. The van der Waals surface area contributed by atoms with Crippen molar-refractivity contribution in [2.45, 2.75) is 12.6 Å². The largest absolute Gasteiger partial charge is 0.506 e. The number of nitrogens with one attached hydrogen (secondary N) is 1. The topological polar surface area (TPSA) is 101 Å². The average Bonchev–Trinajstić information content (AvgIpc) is 2.51. The van der Waals surface area contributed by atoms with Crippen LogP contribution < -0.4 is 16.8 Å². The lowest BCUT2D eigenvalue weighted by atomic mass is 10.1. The van der Waals surface area contributed by atoms with Gasteiger partial charge in [0.05, 0.1) is 10.7 Å². The van der Waals surface area contributed by atoms with Gasteiger partial charge in [0.15, 0.2) is 0 Å². The van der Waals surface area contributed by atoms with Crippen molar-refractivity contribution >= 4 is 23.2 Å². The zero-order valence-corrected chi connectivity index (χ0v) is 12.3. The molecule has 0 fully saturated rings. The summed E-state index contributed by atoms with van der Waals surface area (Å²) >= 11 is 5.67. The van der Waals surface area contributed by atoms with Gasteiger partial charge in [-0.1, -0.05) is 23.7 Å². The number of carbonyl (C=O) groups excluding carboxylic acids is 1. The molecule has 2 aromatic carbocycles. The van der Waals surface area contributed by atoms with E-state index in [1.807, 2.05) is 0 Å². The molecule has 5 nitrogen and oxygen atoms in total. The highest BCUT2D eigenvalue weighted by Gasteiger charge is 2.18. The lowest BCUT2D eigenvalue weighted by Crippen LogP contribution is -2.27. The number of nitrogens with two attached hydrogens (primary N) is 2. The molecule has 0 saturated carbocycles. The number of anilines is 1. The molecule has 2 rings (SSSR count). The van der Waals surface area contributed by atoms with Crippen molar-refractivity contribution in [3.05, 3.63) is 58.4 Å². The first-order valence-corrected chi connectivity index (χ1v) is 6.83. The predicted octanol–water partition coefficient (Wildman–Crippen LogP) is 2.28. The van der Waals surface area contributed by atoms with Crippen LogP contribution in [0, 0.1) is 5.82 Å². The maximum Gasteiger partial charge on any atom is 0.245 e. The highest BCUT2D eigenvalue weighted by molar-refractivity contribution is 6.30. The van der Waals surface area contributed by atoms with Gasteiger partial charge in [-0.05, 0) is 35.4 Å². The van der Waals surface area contributed by atoms with E-state index in [-0.39, 0.29) is 23.0 Å². The standard InChI is InChI=1S/C15H15ClFN3O2/c16-10-6-9(2-3-11(10)17)14(19)15(22)20-12-4-1-8(7-18)5-13(12)21/h1-6,14,21H,7,18-19H2,(H,20,22). The Kier molecular flexibility index (Phi) is 4.97. The summed E-state index contributed by atoms with van der Waals surface area (Å²) in [5, 5.41) is 12.2. The van der Waals surface area contributed by atoms with Crippen molar-refractivity contribution in [3.63, 3.8) is 0 Å². The maximum absolute atomic E-state index is 13.1. The van der Waals surface area contributed by atoms with E-state index in [1.165, 1.54) is 24.3 Å². The second-order valence-electron chi connectivity index (χ2n) is 4.70. The molecule has 22 heavy (non-hydrogen) atoms. The number of halogens is 2. The molecule has 1 amide bonds. The van der Waals surface area contributed by atoms with Crippen LogP contribution in [0.1, 0.15) is 17.2 Å². The third kappa shape index (κ3) is 3.54. The lowest BCUT2D eigenvalue weighted by Gasteiger charge is -2.14. The molecule has 0 aromatic heterocycles. The predicted molar refractivity (Wildman–Crippen MR) is 83.0 cm³/mol. The van der Waals surface area contributed by atoms with Crippen molar-refractivity contribution in [1.29, 1.82) is 0 Å². The Bertz CT molecular complexity index is 709. The highest BCUT2D eigenvalue weighted by atomic mass is 35.5. The van der Waals surface area contributed by atoms with Gasteiger partial charge in [0.25, 0.3) is 0 Å². The van der Waals surface area contributed by atoms with Gasteiger partial charge < -0.3 is 21.9 Å². The van der Waals surface area contributed by atoms with E-state index in [2.05, 4.69) is 5.32 Å². The molecule has 116 valence electrons. The summed E-state index contributed by atoms with van der Waals surface area (Å²) in [4.78, 5) is 12.1. The molecule has 1 unspecified atom stereocenters. The molecule has 2 aromatic rings. The molecule has 0 saturated heterocycles. The molecule has 0 aliphatic rings. The number of amides is 1. The van der Waals surface area contributed by atoms with E-state index in [4.69, 9.17) is 23.1 Å². The number of carbonyl (C=O) groups is 1. The number of hydrogen-bond donors (Lipinski definition) is 4. The van der Waals surface area contributed by atoms with Gasteiger partial charge in [0.2, 0.25) is 5.91 Å². The second-order valence-corrected chi connectivity index (χ2v) is 5.10. The number of rotatable bonds is 4. The summed E-state index contributed by atoms with van der Waals surface area (Å²) in [7, 11) is 0. The lowest BCUT2D eigenvalue weighted by molar-refractivity contribution is -0.117. The number of aromatic hydroxyl groups is 1.